The molecule has 4 nitrogen and oxygen atoms in total. The highest BCUT2D eigenvalue weighted by Gasteiger charge is 2.23. The average Bonchev–Trinajstić information content (AvgIpc) is 3.44. The highest BCUT2D eigenvalue weighted by atomic mass is 32.1. The lowest BCUT2D eigenvalue weighted by Gasteiger charge is -2.25. The largest absolute Gasteiger partial charge is 0.376 e. The predicted molar refractivity (Wildman–Crippen MR) is 115 cm³/mol. The quantitative estimate of drug-likeness (QED) is 0.553. The zero-order valence-corrected chi connectivity index (χ0v) is 17.6. The van der Waals surface area contributed by atoms with E-state index in [9.17, 15) is 4.79 Å². The normalized spacial score (nSPS) is 16.4. The van der Waals surface area contributed by atoms with Crippen molar-refractivity contribution in [1.82, 2.24) is 9.88 Å². The summed E-state index contributed by atoms with van der Waals surface area (Å²) >= 11 is 3.29. The number of thiophene rings is 1. The monoisotopic (exact) mass is 412 g/mol. The molecule has 1 aliphatic rings. The van der Waals surface area contributed by atoms with Crippen LogP contribution in [0, 0.1) is 6.92 Å². The number of carbonyl (C=O) groups is 1. The summed E-state index contributed by atoms with van der Waals surface area (Å²) in [5.74, 6) is 0.116. The van der Waals surface area contributed by atoms with Gasteiger partial charge in [-0.05, 0) is 37.3 Å². The molecule has 4 rings (SSSR count). The molecule has 1 aromatic carbocycles. The van der Waals surface area contributed by atoms with E-state index in [0.717, 1.165) is 35.7 Å². The van der Waals surface area contributed by atoms with Crippen LogP contribution in [0.2, 0.25) is 0 Å². The molecular formula is C22H24N2O2S2. The van der Waals surface area contributed by atoms with Gasteiger partial charge in [0.05, 0.1) is 24.8 Å². The average molecular weight is 413 g/mol. The van der Waals surface area contributed by atoms with Gasteiger partial charge in [-0.1, -0.05) is 29.8 Å². The van der Waals surface area contributed by atoms with Crippen molar-refractivity contribution in [2.45, 2.75) is 38.8 Å². The number of rotatable bonds is 7. The summed E-state index contributed by atoms with van der Waals surface area (Å²) in [7, 11) is 0. The van der Waals surface area contributed by atoms with E-state index >= 15 is 0 Å². The van der Waals surface area contributed by atoms with Crippen molar-refractivity contribution in [2.75, 3.05) is 13.2 Å². The van der Waals surface area contributed by atoms with Crippen LogP contribution in [0.5, 0.6) is 0 Å². The Kier molecular flexibility index (Phi) is 6.20. The van der Waals surface area contributed by atoms with Crippen molar-refractivity contribution in [3.8, 4) is 10.6 Å². The Balaban J connectivity index is 1.46. The lowest BCUT2D eigenvalue weighted by molar-refractivity contribution is -0.132. The Morgan fingerprint density at radius 1 is 1.29 bits per heavy atom. The first-order valence-electron chi connectivity index (χ1n) is 9.60. The molecule has 0 radical (unpaired) electrons. The number of hydrogen-bond acceptors (Lipinski definition) is 5. The number of ether oxygens (including phenoxy) is 1. The highest BCUT2D eigenvalue weighted by molar-refractivity contribution is 7.13. The van der Waals surface area contributed by atoms with Crippen LogP contribution >= 0.6 is 22.7 Å². The van der Waals surface area contributed by atoms with Crippen LogP contribution in [0.3, 0.4) is 0 Å². The van der Waals surface area contributed by atoms with E-state index in [-0.39, 0.29) is 12.0 Å². The third kappa shape index (κ3) is 4.87. The molecule has 28 heavy (non-hydrogen) atoms. The number of benzene rings is 1. The lowest BCUT2D eigenvalue weighted by Crippen LogP contribution is -2.37. The SMILES string of the molecule is Cc1cccc(-c2nc(CC(=O)N(Cc3cccs3)CC3CCCO3)cs2)c1. The second-order valence-corrected chi connectivity index (χ2v) is 9.07. The maximum atomic E-state index is 13.1. The summed E-state index contributed by atoms with van der Waals surface area (Å²) in [5.41, 5.74) is 3.16. The van der Waals surface area contributed by atoms with E-state index in [4.69, 9.17) is 9.72 Å². The zero-order valence-electron chi connectivity index (χ0n) is 16.0. The minimum absolute atomic E-state index is 0.116. The molecule has 3 aromatic rings. The van der Waals surface area contributed by atoms with Gasteiger partial charge >= 0.3 is 0 Å². The Labute approximate surface area is 173 Å². The van der Waals surface area contributed by atoms with E-state index < -0.39 is 0 Å². The highest BCUT2D eigenvalue weighted by Crippen LogP contribution is 2.25. The van der Waals surface area contributed by atoms with Crippen LogP contribution in [0.1, 0.15) is 29.0 Å². The third-order valence-corrected chi connectivity index (χ3v) is 6.68. The van der Waals surface area contributed by atoms with Crippen molar-refractivity contribution in [3.05, 3.63) is 63.3 Å². The number of thiazole rings is 1. The smallest absolute Gasteiger partial charge is 0.229 e. The molecule has 146 valence electrons. The molecule has 1 amide bonds. The van der Waals surface area contributed by atoms with Crippen LogP contribution in [0.25, 0.3) is 10.6 Å². The van der Waals surface area contributed by atoms with E-state index in [2.05, 4.69) is 36.6 Å². The number of amides is 1. The van der Waals surface area contributed by atoms with Crippen LogP contribution in [-0.4, -0.2) is 35.0 Å². The predicted octanol–water partition coefficient (Wildman–Crippen LogP) is 4.93. The fourth-order valence-corrected chi connectivity index (χ4v) is 4.98. The number of nitrogens with zero attached hydrogens (tertiary/aromatic N) is 2. The van der Waals surface area contributed by atoms with Gasteiger partial charge in [-0.15, -0.1) is 22.7 Å². The lowest BCUT2D eigenvalue weighted by atomic mass is 10.1. The number of aromatic nitrogens is 1. The first kappa shape index (κ1) is 19.3. The molecule has 1 fully saturated rings. The molecule has 0 spiro atoms. The van der Waals surface area contributed by atoms with E-state index in [1.165, 1.54) is 10.4 Å². The van der Waals surface area contributed by atoms with Gasteiger partial charge in [-0.2, -0.15) is 0 Å². The minimum atomic E-state index is 0.116. The van der Waals surface area contributed by atoms with Crippen LogP contribution in [0.15, 0.2) is 47.2 Å². The van der Waals surface area contributed by atoms with Gasteiger partial charge in [0, 0.05) is 29.0 Å². The molecule has 6 heteroatoms. The van der Waals surface area contributed by atoms with Crippen LogP contribution in [-0.2, 0) is 22.5 Å². The van der Waals surface area contributed by atoms with Crippen molar-refractivity contribution in [1.29, 1.82) is 0 Å². The molecule has 2 aromatic heterocycles. The Morgan fingerprint density at radius 3 is 2.96 bits per heavy atom. The van der Waals surface area contributed by atoms with Gasteiger partial charge in [-0.25, -0.2) is 4.98 Å². The van der Waals surface area contributed by atoms with E-state index in [1.807, 2.05) is 22.4 Å². The second-order valence-electron chi connectivity index (χ2n) is 7.18. The first-order valence-corrected chi connectivity index (χ1v) is 11.4. The van der Waals surface area contributed by atoms with Crippen LogP contribution < -0.4 is 0 Å². The summed E-state index contributed by atoms with van der Waals surface area (Å²) < 4.78 is 5.77. The van der Waals surface area contributed by atoms with Gasteiger partial charge in [0.2, 0.25) is 5.91 Å². The van der Waals surface area contributed by atoms with Crippen LogP contribution in [0.4, 0.5) is 0 Å². The minimum Gasteiger partial charge on any atom is -0.376 e. The fraction of sp³-hybridized carbons (Fsp3) is 0.364. The Morgan fingerprint density at radius 2 is 2.21 bits per heavy atom. The van der Waals surface area contributed by atoms with Gasteiger partial charge in [0.25, 0.3) is 0 Å². The standard InChI is InChI=1S/C22H24N2O2S2/c1-16-5-2-6-17(11-16)22-23-18(15-28-22)12-21(25)24(13-19-7-3-9-26-19)14-20-8-4-10-27-20/h2,4-6,8,10-11,15,19H,3,7,9,12-14H2,1H3. The second kappa shape index (κ2) is 8.99. The molecule has 0 N–H and O–H groups in total. The molecule has 0 saturated carbocycles. The summed E-state index contributed by atoms with van der Waals surface area (Å²) in [6, 6.07) is 12.4. The first-order chi connectivity index (χ1) is 13.7. The number of aryl methyl sites for hydroxylation is 1. The van der Waals surface area contributed by atoms with Gasteiger partial charge in [0.15, 0.2) is 0 Å². The maximum absolute atomic E-state index is 13.1. The van der Waals surface area contributed by atoms with E-state index in [0.29, 0.717) is 19.5 Å². The molecule has 1 saturated heterocycles. The summed E-state index contributed by atoms with van der Waals surface area (Å²) in [5, 5.41) is 5.03. The Hall–Kier alpha value is -2.02. The number of carbonyl (C=O) groups excluding carboxylic acids is 1. The zero-order chi connectivity index (χ0) is 19.3. The van der Waals surface area contributed by atoms with Crippen molar-refractivity contribution in [3.63, 3.8) is 0 Å². The fourth-order valence-electron chi connectivity index (χ4n) is 3.44. The van der Waals surface area contributed by atoms with Crippen molar-refractivity contribution in [2.24, 2.45) is 0 Å². The molecule has 0 bridgehead atoms. The third-order valence-electron chi connectivity index (χ3n) is 4.88. The summed E-state index contributed by atoms with van der Waals surface area (Å²) in [6.07, 6.45) is 2.60. The van der Waals surface area contributed by atoms with Gasteiger partial charge in [-0.3, -0.25) is 4.79 Å². The number of hydrogen-bond donors (Lipinski definition) is 0. The molecule has 3 heterocycles. The summed E-state index contributed by atoms with van der Waals surface area (Å²) in [4.78, 5) is 20.9. The van der Waals surface area contributed by atoms with Crippen molar-refractivity contribution < 1.29 is 9.53 Å². The summed E-state index contributed by atoms with van der Waals surface area (Å²) in [6.45, 7) is 4.18. The molecule has 1 aliphatic heterocycles. The molecule has 0 aliphatic carbocycles. The van der Waals surface area contributed by atoms with Crippen molar-refractivity contribution >= 4 is 28.6 Å². The van der Waals surface area contributed by atoms with E-state index in [1.54, 1.807) is 22.7 Å². The molecule has 1 unspecified atom stereocenters. The Bertz CT molecular complexity index is 914. The molecule has 1 atom stereocenters. The topological polar surface area (TPSA) is 42.4 Å². The molecular weight excluding hydrogens is 388 g/mol. The van der Waals surface area contributed by atoms with Gasteiger partial charge < -0.3 is 9.64 Å². The van der Waals surface area contributed by atoms with Gasteiger partial charge in [0.1, 0.15) is 5.01 Å². The maximum Gasteiger partial charge on any atom is 0.229 e.